The highest BCUT2D eigenvalue weighted by Gasteiger charge is 2.11. The summed E-state index contributed by atoms with van der Waals surface area (Å²) in [4.78, 5) is 23.3. The number of carbonyl (C=O) groups is 2. The van der Waals surface area contributed by atoms with Crippen LogP contribution in [0.1, 0.15) is 49.0 Å². The number of ketones is 1. The third-order valence-electron chi connectivity index (χ3n) is 4.00. The second-order valence-corrected chi connectivity index (χ2v) is 5.82. The molecule has 24 heavy (non-hydrogen) atoms. The minimum atomic E-state index is -0.232. The van der Waals surface area contributed by atoms with E-state index in [4.69, 9.17) is 4.74 Å². The molecule has 2 aromatic carbocycles. The molecule has 0 saturated heterocycles. The SMILES string of the molecule is CC[C@H](C)c1ccccc1OCC(=O)Nc1ccc(C(C)=O)cc1. The first kappa shape index (κ1) is 17.7. The second-order valence-electron chi connectivity index (χ2n) is 5.82. The lowest BCUT2D eigenvalue weighted by Gasteiger charge is -2.15. The third-order valence-corrected chi connectivity index (χ3v) is 4.00. The molecule has 1 atom stereocenters. The van der Waals surface area contributed by atoms with Crippen LogP contribution in [0.15, 0.2) is 48.5 Å². The van der Waals surface area contributed by atoms with Crippen LogP contribution in [0.3, 0.4) is 0 Å². The van der Waals surface area contributed by atoms with Gasteiger partial charge < -0.3 is 10.1 Å². The highest BCUT2D eigenvalue weighted by Crippen LogP contribution is 2.28. The predicted molar refractivity (Wildman–Crippen MR) is 95.7 cm³/mol. The molecule has 0 saturated carbocycles. The smallest absolute Gasteiger partial charge is 0.262 e. The number of benzene rings is 2. The number of para-hydroxylation sites is 1. The number of hydrogen-bond donors (Lipinski definition) is 1. The molecule has 0 spiro atoms. The van der Waals surface area contributed by atoms with Gasteiger partial charge in [-0.25, -0.2) is 0 Å². The number of anilines is 1. The first-order valence-electron chi connectivity index (χ1n) is 8.13. The molecule has 126 valence electrons. The van der Waals surface area contributed by atoms with E-state index in [9.17, 15) is 9.59 Å². The van der Waals surface area contributed by atoms with Gasteiger partial charge in [0.05, 0.1) is 0 Å². The number of nitrogens with one attached hydrogen (secondary N) is 1. The standard InChI is InChI=1S/C20H23NO3/c1-4-14(2)18-7-5-6-8-19(18)24-13-20(23)21-17-11-9-16(10-12-17)15(3)22/h5-12,14H,4,13H2,1-3H3,(H,21,23)/t14-/m0/s1. The van der Waals surface area contributed by atoms with E-state index in [1.54, 1.807) is 24.3 Å². The van der Waals surface area contributed by atoms with Gasteiger partial charge in [0.1, 0.15) is 5.75 Å². The van der Waals surface area contributed by atoms with Crippen molar-refractivity contribution in [3.63, 3.8) is 0 Å². The fourth-order valence-electron chi connectivity index (χ4n) is 2.37. The fourth-order valence-corrected chi connectivity index (χ4v) is 2.37. The average molecular weight is 325 g/mol. The largest absolute Gasteiger partial charge is 0.483 e. The molecule has 0 aromatic heterocycles. The van der Waals surface area contributed by atoms with Crippen molar-refractivity contribution in [3.8, 4) is 5.75 Å². The molecule has 0 bridgehead atoms. The van der Waals surface area contributed by atoms with E-state index in [2.05, 4.69) is 19.2 Å². The van der Waals surface area contributed by atoms with E-state index in [0.717, 1.165) is 17.7 Å². The van der Waals surface area contributed by atoms with Crippen LogP contribution in [0.4, 0.5) is 5.69 Å². The lowest BCUT2D eigenvalue weighted by molar-refractivity contribution is -0.118. The number of amides is 1. The van der Waals surface area contributed by atoms with Crippen molar-refractivity contribution >= 4 is 17.4 Å². The Morgan fingerprint density at radius 2 is 1.75 bits per heavy atom. The Balaban J connectivity index is 1.95. The van der Waals surface area contributed by atoms with Crippen LogP contribution in [0.2, 0.25) is 0 Å². The Morgan fingerprint density at radius 1 is 1.08 bits per heavy atom. The summed E-state index contributed by atoms with van der Waals surface area (Å²) in [6, 6.07) is 14.6. The summed E-state index contributed by atoms with van der Waals surface area (Å²) in [6.07, 6.45) is 1.01. The number of hydrogen-bond acceptors (Lipinski definition) is 3. The van der Waals surface area contributed by atoms with Crippen LogP contribution >= 0.6 is 0 Å². The van der Waals surface area contributed by atoms with Crippen LogP contribution in [0, 0.1) is 0 Å². The Labute approximate surface area is 142 Å². The highest BCUT2D eigenvalue weighted by molar-refractivity contribution is 5.95. The lowest BCUT2D eigenvalue weighted by Crippen LogP contribution is -2.20. The van der Waals surface area contributed by atoms with Crippen molar-refractivity contribution in [2.75, 3.05) is 11.9 Å². The normalized spacial score (nSPS) is 11.6. The molecule has 2 aromatic rings. The minimum Gasteiger partial charge on any atom is -0.483 e. The molecule has 1 N–H and O–H groups in total. The van der Waals surface area contributed by atoms with E-state index in [1.807, 2.05) is 24.3 Å². The average Bonchev–Trinajstić information content (AvgIpc) is 2.60. The van der Waals surface area contributed by atoms with Gasteiger partial charge in [0, 0.05) is 11.3 Å². The monoisotopic (exact) mass is 325 g/mol. The Bertz CT molecular complexity index is 707. The van der Waals surface area contributed by atoms with Crippen molar-refractivity contribution in [2.45, 2.75) is 33.1 Å². The summed E-state index contributed by atoms with van der Waals surface area (Å²) >= 11 is 0. The van der Waals surface area contributed by atoms with E-state index in [-0.39, 0.29) is 18.3 Å². The molecule has 0 heterocycles. The molecule has 2 rings (SSSR count). The summed E-state index contributed by atoms with van der Waals surface area (Å²) in [7, 11) is 0. The van der Waals surface area contributed by atoms with Crippen molar-refractivity contribution < 1.29 is 14.3 Å². The quantitative estimate of drug-likeness (QED) is 0.767. The Hall–Kier alpha value is -2.62. The molecule has 0 aliphatic rings. The lowest BCUT2D eigenvalue weighted by atomic mass is 9.98. The molecule has 0 unspecified atom stereocenters. The maximum Gasteiger partial charge on any atom is 0.262 e. The molecule has 4 nitrogen and oxygen atoms in total. The number of ether oxygens (including phenoxy) is 1. The van der Waals surface area contributed by atoms with Crippen molar-refractivity contribution in [2.24, 2.45) is 0 Å². The molecule has 0 radical (unpaired) electrons. The summed E-state index contributed by atoms with van der Waals surface area (Å²) in [6.45, 7) is 5.72. The Morgan fingerprint density at radius 3 is 2.38 bits per heavy atom. The minimum absolute atomic E-state index is 0.00198. The number of rotatable bonds is 7. The van der Waals surface area contributed by atoms with E-state index >= 15 is 0 Å². The molecule has 0 aliphatic carbocycles. The van der Waals surface area contributed by atoms with Crippen LogP contribution in [-0.4, -0.2) is 18.3 Å². The summed E-state index contributed by atoms with van der Waals surface area (Å²) in [5.74, 6) is 0.889. The van der Waals surface area contributed by atoms with Gasteiger partial charge in [-0.2, -0.15) is 0 Å². The van der Waals surface area contributed by atoms with Gasteiger partial charge in [0.2, 0.25) is 0 Å². The van der Waals surface area contributed by atoms with E-state index in [1.165, 1.54) is 6.92 Å². The van der Waals surface area contributed by atoms with Gasteiger partial charge in [-0.15, -0.1) is 0 Å². The second kappa shape index (κ2) is 8.29. The van der Waals surface area contributed by atoms with Crippen molar-refractivity contribution in [1.29, 1.82) is 0 Å². The topological polar surface area (TPSA) is 55.4 Å². The number of carbonyl (C=O) groups excluding carboxylic acids is 2. The third kappa shape index (κ3) is 4.69. The van der Waals surface area contributed by atoms with E-state index < -0.39 is 0 Å². The zero-order valence-electron chi connectivity index (χ0n) is 14.3. The van der Waals surface area contributed by atoms with Crippen LogP contribution in [-0.2, 0) is 4.79 Å². The Kier molecular flexibility index (Phi) is 6.13. The zero-order valence-corrected chi connectivity index (χ0v) is 14.3. The van der Waals surface area contributed by atoms with Crippen LogP contribution < -0.4 is 10.1 Å². The van der Waals surface area contributed by atoms with E-state index in [0.29, 0.717) is 17.2 Å². The highest BCUT2D eigenvalue weighted by atomic mass is 16.5. The fraction of sp³-hybridized carbons (Fsp3) is 0.300. The van der Waals surface area contributed by atoms with Gasteiger partial charge in [-0.3, -0.25) is 9.59 Å². The first-order chi connectivity index (χ1) is 11.5. The summed E-state index contributed by atoms with van der Waals surface area (Å²) < 4.78 is 5.69. The number of Topliss-reactive ketones (excluding diaryl/α,β-unsaturated/α-hetero) is 1. The molecular formula is C20H23NO3. The van der Waals surface area contributed by atoms with Gasteiger partial charge >= 0.3 is 0 Å². The predicted octanol–water partition coefficient (Wildman–Crippen LogP) is 4.42. The maximum absolute atomic E-state index is 12.1. The van der Waals surface area contributed by atoms with Crippen molar-refractivity contribution in [1.82, 2.24) is 0 Å². The zero-order chi connectivity index (χ0) is 17.5. The van der Waals surface area contributed by atoms with Gasteiger partial charge in [-0.1, -0.05) is 32.0 Å². The molecule has 4 heteroatoms. The van der Waals surface area contributed by atoms with Crippen LogP contribution in [0.25, 0.3) is 0 Å². The summed E-state index contributed by atoms with van der Waals surface area (Å²) in [5.41, 5.74) is 2.37. The van der Waals surface area contributed by atoms with Gasteiger partial charge in [0.15, 0.2) is 12.4 Å². The molecular weight excluding hydrogens is 302 g/mol. The van der Waals surface area contributed by atoms with Gasteiger partial charge in [0.25, 0.3) is 5.91 Å². The van der Waals surface area contributed by atoms with Crippen LogP contribution in [0.5, 0.6) is 5.75 Å². The molecule has 0 aliphatic heterocycles. The summed E-state index contributed by atoms with van der Waals surface area (Å²) in [5, 5.41) is 2.77. The molecule has 0 fully saturated rings. The molecule has 1 amide bonds. The van der Waals surface area contributed by atoms with Crippen molar-refractivity contribution in [3.05, 3.63) is 59.7 Å². The van der Waals surface area contributed by atoms with Gasteiger partial charge in [-0.05, 0) is 55.2 Å². The first-order valence-corrected chi connectivity index (χ1v) is 8.13. The maximum atomic E-state index is 12.1.